The number of amides is 1. The van der Waals surface area contributed by atoms with E-state index >= 15 is 0 Å². The summed E-state index contributed by atoms with van der Waals surface area (Å²) in [7, 11) is 0. The van der Waals surface area contributed by atoms with Gasteiger partial charge in [-0.05, 0) is 49.9 Å². The zero-order valence-corrected chi connectivity index (χ0v) is 18.6. The van der Waals surface area contributed by atoms with Gasteiger partial charge in [0.2, 0.25) is 5.91 Å². The lowest BCUT2D eigenvalue weighted by Crippen LogP contribution is -2.50. The fourth-order valence-corrected chi connectivity index (χ4v) is 6.79. The van der Waals surface area contributed by atoms with Crippen LogP contribution in [0, 0.1) is 23.7 Å². The van der Waals surface area contributed by atoms with Crippen LogP contribution in [0.3, 0.4) is 0 Å². The van der Waals surface area contributed by atoms with Crippen molar-refractivity contribution in [3.63, 3.8) is 0 Å². The van der Waals surface area contributed by atoms with Crippen LogP contribution in [0.5, 0.6) is 0 Å². The number of hydrogen-bond donors (Lipinski definition) is 1. The SMILES string of the molecule is CCN1CCN(Cc2ccc3n(c2=O)C[C@H]2C[C@@H]3CN(C(=O)C3[C@H]4CNC[C@@H]34)C2)CC1. The number of pyridine rings is 1. The summed E-state index contributed by atoms with van der Waals surface area (Å²) in [5.41, 5.74) is 2.28. The smallest absolute Gasteiger partial charge is 0.255 e. The Balaban J connectivity index is 1.16. The first-order valence-corrected chi connectivity index (χ1v) is 12.3. The van der Waals surface area contributed by atoms with Crippen molar-refractivity contribution >= 4 is 5.91 Å². The van der Waals surface area contributed by atoms with Gasteiger partial charge in [-0.1, -0.05) is 13.0 Å². The van der Waals surface area contributed by atoms with Gasteiger partial charge in [0.1, 0.15) is 0 Å². The van der Waals surface area contributed by atoms with Crippen molar-refractivity contribution in [2.75, 3.05) is 58.9 Å². The molecule has 5 heterocycles. The molecule has 5 aliphatic rings. The zero-order valence-electron chi connectivity index (χ0n) is 18.6. The van der Waals surface area contributed by atoms with Gasteiger partial charge in [-0.2, -0.15) is 0 Å². The minimum Gasteiger partial charge on any atom is -0.341 e. The second-order valence-corrected chi connectivity index (χ2v) is 10.5. The third kappa shape index (κ3) is 3.45. The van der Waals surface area contributed by atoms with E-state index in [1.165, 1.54) is 0 Å². The highest BCUT2D eigenvalue weighted by Gasteiger charge is 2.58. The first kappa shape index (κ1) is 19.9. The molecule has 1 saturated carbocycles. The molecule has 1 N–H and O–H groups in total. The van der Waals surface area contributed by atoms with Gasteiger partial charge in [-0.25, -0.2) is 0 Å². The molecule has 3 saturated heterocycles. The molecule has 1 aromatic rings. The number of piperazine rings is 1. The molecule has 0 radical (unpaired) electrons. The summed E-state index contributed by atoms with van der Waals surface area (Å²) in [6, 6.07) is 4.25. The summed E-state index contributed by atoms with van der Waals surface area (Å²) in [6.45, 7) is 12.7. The Bertz CT molecular complexity index is 911. The minimum absolute atomic E-state index is 0.202. The summed E-state index contributed by atoms with van der Waals surface area (Å²) < 4.78 is 2.05. The molecular weight excluding hydrogens is 390 g/mol. The number of nitrogens with one attached hydrogen (secondary N) is 1. The van der Waals surface area contributed by atoms with Crippen molar-refractivity contribution in [3.8, 4) is 0 Å². The largest absolute Gasteiger partial charge is 0.341 e. The monoisotopic (exact) mass is 425 g/mol. The quantitative estimate of drug-likeness (QED) is 0.757. The first-order chi connectivity index (χ1) is 15.1. The number of rotatable bonds is 4. The van der Waals surface area contributed by atoms with Crippen LogP contribution in [0.25, 0.3) is 0 Å². The fraction of sp³-hybridized carbons (Fsp3) is 0.750. The molecule has 0 spiro atoms. The van der Waals surface area contributed by atoms with Gasteiger partial charge in [0.05, 0.1) is 0 Å². The van der Waals surface area contributed by atoms with Gasteiger partial charge in [0, 0.05) is 75.5 Å². The van der Waals surface area contributed by atoms with E-state index in [0.717, 1.165) is 89.7 Å². The van der Waals surface area contributed by atoms with Gasteiger partial charge < -0.3 is 19.7 Å². The number of carbonyl (C=O) groups excluding carboxylic acids is 1. The lowest BCUT2D eigenvalue weighted by molar-refractivity contribution is -0.136. The number of fused-ring (bicyclic) bond motifs is 5. The minimum atomic E-state index is 0.202. The standard InChI is InChI=1S/C24H35N5O2/c1-2-26-5-7-27(8-6-26)14-17-3-4-21-18-9-16(13-29(21)23(17)30)12-28(15-18)24(31)22-19-10-25-11-20(19)22/h3-4,16,18-20,22,25H,2,5-15H2,1H3/t16-,18+,19-,20+,22?/m0/s1. The molecule has 1 amide bonds. The summed E-state index contributed by atoms with van der Waals surface area (Å²) in [5.74, 6) is 2.51. The normalized spacial score (nSPS) is 35.0. The van der Waals surface area contributed by atoms with Crippen LogP contribution in [-0.2, 0) is 17.9 Å². The van der Waals surface area contributed by atoms with Gasteiger partial charge in [0.15, 0.2) is 0 Å². The third-order valence-corrected chi connectivity index (χ3v) is 8.68. The molecule has 5 atom stereocenters. The Kier molecular flexibility index (Phi) is 4.96. The highest BCUT2D eigenvalue weighted by Crippen LogP contribution is 2.50. The molecule has 4 aliphatic heterocycles. The van der Waals surface area contributed by atoms with Crippen LogP contribution in [0.1, 0.15) is 30.5 Å². The number of carbonyl (C=O) groups is 1. The van der Waals surface area contributed by atoms with Crippen LogP contribution in [-0.4, -0.2) is 84.1 Å². The average Bonchev–Trinajstić information content (AvgIpc) is 3.26. The molecule has 168 valence electrons. The summed E-state index contributed by atoms with van der Waals surface area (Å²) in [6.07, 6.45) is 1.11. The predicted molar refractivity (Wildman–Crippen MR) is 119 cm³/mol. The molecule has 2 bridgehead atoms. The summed E-state index contributed by atoms with van der Waals surface area (Å²) in [5, 5.41) is 3.39. The summed E-state index contributed by atoms with van der Waals surface area (Å²) >= 11 is 0. The Labute approximate surface area is 184 Å². The number of nitrogens with zero attached hydrogens (tertiary/aromatic N) is 4. The van der Waals surface area contributed by atoms with Gasteiger partial charge in [-0.3, -0.25) is 14.5 Å². The van der Waals surface area contributed by atoms with E-state index in [-0.39, 0.29) is 11.5 Å². The van der Waals surface area contributed by atoms with Crippen LogP contribution >= 0.6 is 0 Å². The van der Waals surface area contributed by atoms with E-state index in [0.29, 0.717) is 29.6 Å². The number of likely N-dealkylation sites (N-methyl/N-ethyl adjacent to an activating group) is 1. The molecular formula is C24H35N5O2. The first-order valence-electron chi connectivity index (χ1n) is 12.3. The van der Waals surface area contributed by atoms with E-state index in [2.05, 4.69) is 39.1 Å². The molecule has 7 heteroatoms. The van der Waals surface area contributed by atoms with E-state index in [4.69, 9.17) is 0 Å². The molecule has 1 aliphatic carbocycles. The number of piperidine rings is 2. The number of hydrogen-bond acceptors (Lipinski definition) is 5. The van der Waals surface area contributed by atoms with Crippen molar-refractivity contribution in [1.82, 2.24) is 24.6 Å². The molecule has 31 heavy (non-hydrogen) atoms. The zero-order chi connectivity index (χ0) is 21.1. The highest BCUT2D eigenvalue weighted by molar-refractivity contribution is 5.83. The topological polar surface area (TPSA) is 60.8 Å². The number of likely N-dealkylation sites (tertiary alicyclic amines) is 1. The fourth-order valence-electron chi connectivity index (χ4n) is 6.79. The maximum atomic E-state index is 13.3. The molecule has 1 aromatic heterocycles. The van der Waals surface area contributed by atoms with Crippen LogP contribution in [0.15, 0.2) is 16.9 Å². The summed E-state index contributed by atoms with van der Waals surface area (Å²) in [4.78, 5) is 33.5. The number of aromatic nitrogens is 1. The third-order valence-electron chi connectivity index (χ3n) is 8.68. The molecule has 7 nitrogen and oxygen atoms in total. The van der Waals surface area contributed by atoms with Gasteiger partial charge in [-0.15, -0.1) is 0 Å². The second-order valence-electron chi connectivity index (χ2n) is 10.5. The van der Waals surface area contributed by atoms with Crippen molar-refractivity contribution in [2.24, 2.45) is 23.7 Å². The van der Waals surface area contributed by atoms with Crippen molar-refractivity contribution in [3.05, 3.63) is 33.7 Å². The van der Waals surface area contributed by atoms with Crippen LogP contribution in [0.2, 0.25) is 0 Å². The average molecular weight is 426 g/mol. The van der Waals surface area contributed by atoms with Gasteiger partial charge >= 0.3 is 0 Å². The van der Waals surface area contributed by atoms with Crippen LogP contribution < -0.4 is 10.9 Å². The maximum absolute atomic E-state index is 13.3. The molecule has 6 rings (SSSR count). The Hall–Kier alpha value is -1.70. The van der Waals surface area contributed by atoms with E-state index in [9.17, 15) is 9.59 Å². The molecule has 1 unspecified atom stereocenters. The lowest BCUT2D eigenvalue weighted by Gasteiger charge is -2.43. The van der Waals surface area contributed by atoms with Crippen molar-refractivity contribution in [2.45, 2.75) is 32.4 Å². The lowest BCUT2D eigenvalue weighted by atomic mass is 9.82. The van der Waals surface area contributed by atoms with E-state index < -0.39 is 0 Å². The second kappa shape index (κ2) is 7.71. The predicted octanol–water partition coefficient (Wildman–Crippen LogP) is 0.397. The van der Waals surface area contributed by atoms with E-state index in [1.54, 1.807) is 0 Å². The van der Waals surface area contributed by atoms with E-state index in [1.807, 2.05) is 4.57 Å². The Morgan fingerprint density at radius 3 is 2.52 bits per heavy atom. The maximum Gasteiger partial charge on any atom is 0.255 e. The highest BCUT2D eigenvalue weighted by atomic mass is 16.2. The Morgan fingerprint density at radius 2 is 1.77 bits per heavy atom. The van der Waals surface area contributed by atoms with Crippen LogP contribution in [0.4, 0.5) is 0 Å². The molecule has 0 aromatic carbocycles. The molecule has 4 fully saturated rings. The Morgan fingerprint density at radius 1 is 1.03 bits per heavy atom. The van der Waals surface area contributed by atoms with Crippen molar-refractivity contribution < 1.29 is 4.79 Å². The van der Waals surface area contributed by atoms with Gasteiger partial charge in [0.25, 0.3) is 5.56 Å². The van der Waals surface area contributed by atoms with Crippen molar-refractivity contribution in [1.29, 1.82) is 0 Å².